The van der Waals surface area contributed by atoms with E-state index in [-0.39, 0.29) is 12.6 Å². The molecule has 27 heavy (non-hydrogen) atoms. The number of hydrogen-bond acceptors (Lipinski definition) is 7. The van der Waals surface area contributed by atoms with Crippen molar-refractivity contribution in [3.05, 3.63) is 48.2 Å². The van der Waals surface area contributed by atoms with Crippen LogP contribution in [0.2, 0.25) is 0 Å². The molecule has 140 valence electrons. The molecule has 0 bridgehead atoms. The van der Waals surface area contributed by atoms with Gasteiger partial charge >= 0.3 is 0 Å². The predicted molar refractivity (Wildman–Crippen MR) is 101 cm³/mol. The van der Waals surface area contributed by atoms with Crippen LogP contribution in [0.1, 0.15) is 31.0 Å². The van der Waals surface area contributed by atoms with E-state index in [0.717, 1.165) is 48.5 Å². The SMILES string of the molecule is Cc1nccc(-c2cccc(-c3noc(CN4CCCC[C@H]4CO)n3)c2)n1. The van der Waals surface area contributed by atoms with Crippen LogP contribution < -0.4 is 0 Å². The van der Waals surface area contributed by atoms with Crippen molar-refractivity contribution in [2.24, 2.45) is 0 Å². The van der Waals surface area contributed by atoms with Crippen LogP contribution in [0.4, 0.5) is 0 Å². The zero-order valence-corrected chi connectivity index (χ0v) is 15.4. The first-order valence-corrected chi connectivity index (χ1v) is 9.31. The summed E-state index contributed by atoms with van der Waals surface area (Å²) in [5.41, 5.74) is 2.74. The fraction of sp³-hybridized carbons (Fsp3) is 0.400. The molecule has 0 radical (unpaired) electrons. The minimum atomic E-state index is 0.168. The van der Waals surface area contributed by atoms with Crippen molar-refractivity contribution in [2.45, 2.75) is 38.8 Å². The van der Waals surface area contributed by atoms with Gasteiger partial charge in [0.15, 0.2) is 0 Å². The van der Waals surface area contributed by atoms with Crippen molar-refractivity contribution in [3.8, 4) is 22.6 Å². The van der Waals surface area contributed by atoms with Gasteiger partial charge in [0.2, 0.25) is 11.7 Å². The van der Waals surface area contributed by atoms with E-state index in [4.69, 9.17) is 4.52 Å². The van der Waals surface area contributed by atoms with Crippen molar-refractivity contribution >= 4 is 0 Å². The van der Waals surface area contributed by atoms with Crippen LogP contribution in [-0.4, -0.2) is 49.3 Å². The largest absolute Gasteiger partial charge is 0.395 e. The lowest BCUT2D eigenvalue weighted by molar-refractivity contribution is 0.0749. The summed E-state index contributed by atoms with van der Waals surface area (Å²) in [5, 5.41) is 13.7. The summed E-state index contributed by atoms with van der Waals surface area (Å²) in [5.74, 6) is 1.88. The standard InChI is InChI=1S/C20H23N5O2/c1-14-21-9-8-18(22-14)15-5-4-6-16(11-15)20-23-19(27-24-20)12-25-10-3-2-7-17(25)13-26/h4-6,8-9,11,17,26H,2-3,7,10,12-13H2,1H3/t17-/m0/s1. The second kappa shape index (κ2) is 7.94. The van der Waals surface area contributed by atoms with Crippen LogP contribution in [0.25, 0.3) is 22.6 Å². The molecule has 3 heterocycles. The van der Waals surface area contributed by atoms with Gasteiger partial charge in [-0.3, -0.25) is 4.90 Å². The van der Waals surface area contributed by atoms with E-state index in [9.17, 15) is 5.11 Å². The molecule has 4 rings (SSSR count). The minimum Gasteiger partial charge on any atom is -0.395 e. The van der Waals surface area contributed by atoms with Gasteiger partial charge in [-0.25, -0.2) is 9.97 Å². The summed E-state index contributed by atoms with van der Waals surface area (Å²) in [7, 11) is 0. The topological polar surface area (TPSA) is 88.2 Å². The van der Waals surface area contributed by atoms with Gasteiger partial charge in [0, 0.05) is 23.4 Å². The van der Waals surface area contributed by atoms with E-state index in [0.29, 0.717) is 18.3 Å². The van der Waals surface area contributed by atoms with Crippen molar-refractivity contribution in [1.29, 1.82) is 0 Å². The van der Waals surface area contributed by atoms with Crippen LogP contribution >= 0.6 is 0 Å². The third-order valence-electron chi connectivity index (χ3n) is 4.96. The van der Waals surface area contributed by atoms with Crippen LogP contribution in [0.3, 0.4) is 0 Å². The molecule has 0 amide bonds. The number of piperidine rings is 1. The molecule has 1 saturated heterocycles. The molecule has 7 nitrogen and oxygen atoms in total. The number of likely N-dealkylation sites (tertiary alicyclic amines) is 1. The summed E-state index contributed by atoms with van der Waals surface area (Å²) < 4.78 is 5.47. The van der Waals surface area contributed by atoms with Crippen molar-refractivity contribution in [2.75, 3.05) is 13.2 Å². The Kier molecular flexibility index (Phi) is 5.22. The van der Waals surface area contributed by atoms with Gasteiger partial charge in [0.1, 0.15) is 5.82 Å². The highest BCUT2D eigenvalue weighted by molar-refractivity contribution is 5.67. The molecule has 7 heteroatoms. The molecule has 0 unspecified atom stereocenters. The van der Waals surface area contributed by atoms with Gasteiger partial charge in [0.25, 0.3) is 0 Å². The quantitative estimate of drug-likeness (QED) is 0.744. The first-order chi connectivity index (χ1) is 13.2. The number of aromatic nitrogens is 4. The second-order valence-corrected chi connectivity index (χ2v) is 6.88. The third kappa shape index (κ3) is 4.04. The highest BCUT2D eigenvalue weighted by atomic mass is 16.5. The van der Waals surface area contributed by atoms with Crippen LogP contribution in [-0.2, 0) is 6.54 Å². The zero-order valence-electron chi connectivity index (χ0n) is 15.4. The van der Waals surface area contributed by atoms with Gasteiger partial charge < -0.3 is 9.63 Å². The van der Waals surface area contributed by atoms with E-state index < -0.39 is 0 Å². The maximum absolute atomic E-state index is 9.56. The average Bonchev–Trinajstić information content (AvgIpc) is 3.17. The minimum absolute atomic E-state index is 0.168. The van der Waals surface area contributed by atoms with E-state index >= 15 is 0 Å². The Bertz CT molecular complexity index is 911. The molecule has 0 aliphatic carbocycles. The summed E-state index contributed by atoms with van der Waals surface area (Å²) in [6, 6.07) is 10.0. The Labute approximate surface area is 158 Å². The molecule has 1 fully saturated rings. The van der Waals surface area contributed by atoms with Crippen molar-refractivity contribution < 1.29 is 9.63 Å². The molecular weight excluding hydrogens is 342 g/mol. The van der Waals surface area contributed by atoms with E-state index in [1.807, 2.05) is 37.3 Å². The van der Waals surface area contributed by atoms with Gasteiger partial charge in [-0.1, -0.05) is 29.8 Å². The molecule has 2 aromatic heterocycles. The lowest BCUT2D eigenvalue weighted by Gasteiger charge is -2.33. The third-order valence-corrected chi connectivity index (χ3v) is 4.96. The highest BCUT2D eigenvalue weighted by Gasteiger charge is 2.23. The summed E-state index contributed by atoms with van der Waals surface area (Å²) in [6.07, 6.45) is 5.06. The van der Waals surface area contributed by atoms with Gasteiger partial charge in [-0.05, 0) is 38.4 Å². The molecular formula is C20H23N5O2. The van der Waals surface area contributed by atoms with Crippen molar-refractivity contribution in [1.82, 2.24) is 25.0 Å². The van der Waals surface area contributed by atoms with E-state index in [2.05, 4.69) is 25.0 Å². The normalized spacial score (nSPS) is 17.9. The molecule has 1 aliphatic rings. The first-order valence-electron chi connectivity index (χ1n) is 9.31. The Morgan fingerprint density at radius 1 is 1.19 bits per heavy atom. The molecule has 0 saturated carbocycles. The van der Waals surface area contributed by atoms with Crippen LogP contribution in [0, 0.1) is 6.92 Å². The fourth-order valence-electron chi connectivity index (χ4n) is 3.52. The predicted octanol–water partition coefficient (Wildman–Crippen LogP) is 2.85. The van der Waals surface area contributed by atoms with Crippen LogP contribution in [0.15, 0.2) is 41.1 Å². The summed E-state index contributed by atoms with van der Waals surface area (Å²) in [6.45, 7) is 3.56. The number of benzene rings is 1. The van der Waals surface area contributed by atoms with E-state index in [1.54, 1.807) is 6.20 Å². The Balaban J connectivity index is 1.54. The number of nitrogens with zero attached hydrogens (tertiary/aromatic N) is 5. The molecule has 1 N–H and O–H groups in total. The van der Waals surface area contributed by atoms with Gasteiger partial charge in [0.05, 0.1) is 18.8 Å². The Morgan fingerprint density at radius 3 is 2.93 bits per heavy atom. The van der Waals surface area contributed by atoms with Gasteiger partial charge in [-0.2, -0.15) is 4.98 Å². The lowest BCUT2D eigenvalue weighted by Crippen LogP contribution is -2.41. The number of aliphatic hydroxyl groups excluding tert-OH is 1. The fourth-order valence-corrected chi connectivity index (χ4v) is 3.52. The zero-order chi connectivity index (χ0) is 18.6. The van der Waals surface area contributed by atoms with Crippen LogP contribution in [0.5, 0.6) is 0 Å². The number of rotatable bonds is 5. The Morgan fingerprint density at radius 2 is 2.07 bits per heavy atom. The smallest absolute Gasteiger partial charge is 0.241 e. The molecule has 3 aromatic rings. The molecule has 0 spiro atoms. The summed E-state index contributed by atoms with van der Waals surface area (Å²) in [4.78, 5) is 15.4. The second-order valence-electron chi connectivity index (χ2n) is 6.88. The van der Waals surface area contributed by atoms with E-state index in [1.165, 1.54) is 0 Å². The summed E-state index contributed by atoms with van der Waals surface area (Å²) >= 11 is 0. The first kappa shape index (κ1) is 17.8. The molecule has 1 aliphatic heterocycles. The van der Waals surface area contributed by atoms with Crippen molar-refractivity contribution in [3.63, 3.8) is 0 Å². The number of aliphatic hydroxyl groups is 1. The maximum Gasteiger partial charge on any atom is 0.241 e. The lowest BCUT2D eigenvalue weighted by atomic mass is 10.0. The molecule has 1 aromatic carbocycles. The Hall–Kier alpha value is -2.64. The van der Waals surface area contributed by atoms with Gasteiger partial charge in [-0.15, -0.1) is 0 Å². The average molecular weight is 365 g/mol. The maximum atomic E-state index is 9.56. The molecule has 1 atom stereocenters. The highest BCUT2D eigenvalue weighted by Crippen LogP contribution is 2.24. The number of aryl methyl sites for hydroxylation is 1. The number of hydrogen-bond donors (Lipinski definition) is 1. The monoisotopic (exact) mass is 365 g/mol.